The van der Waals surface area contributed by atoms with Crippen LogP contribution in [0.25, 0.3) is 10.8 Å². The predicted octanol–water partition coefficient (Wildman–Crippen LogP) is 2.82. The summed E-state index contributed by atoms with van der Waals surface area (Å²) >= 11 is 0.917. The Morgan fingerprint density at radius 2 is 2.16 bits per heavy atom. The fraction of sp³-hybridized carbons (Fsp3) is 0.125. The number of anilines is 1. The van der Waals surface area contributed by atoms with Gasteiger partial charge >= 0.3 is 11.6 Å². The number of hydrogen-bond acceptors (Lipinski definition) is 7. The number of amides is 1. The highest BCUT2D eigenvalue weighted by molar-refractivity contribution is 7.17. The maximum atomic E-state index is 13.3. The van der Waals surface area contributed by atoms with E-state index in [1.807, 2.05) is 0 Å². The minimum absolute atomic E-state index is 0.134. The monoisotopic (exact) mass is 362 g/mol. The Bertz CT molecular complexity index is 1030. The maximum absolute atomic E-state index is 13.3. The zero-order valence-electron chi connectivity index (χ0n) is 12.9. The molecule has 0 aliphatic carbocycles. The van der Waals surface area contributed by atoms with Crippen LogP contribution in [0.15, 0.2) is 39.7 Å². The first-order valence-electron chi connectivity index (χ1n) is 7.15. The third-order valence-electron chi connectivity index (χ3n) is 3.15. The summed E-state index contributed by atoms with van der Waals surface area (Å²) in [5.74, 6) is -2.12. The molecule has 3 rings (SSSR count). The van der Waals surface area contributed by atoms with Gasteiger partial charge in [0.1, 0.15) is 10.7 Å². The first kappa shape index (κ1) is 16.8. The van der Waals surface area contributed by atoms with E-state index in [1.165, 1.54) is 18.3 Å². The molecule has 0 bridgehead atoms. The molecule has 3 aromatic rings. The zero-order valence-corrected chi connectivity index (χ0v) is 13.7. The molecule has 9 heteroatoms. The van der Waals surface area contributed by atoms with Gasteiger partial charge in [-0.05, 0) is 36.6 Å². The van der Waals surface area contributed by atoms with Gasteiger partial charge < -0.3 is 9.15 Å². The van der Waals surface area contributed by atoms with Crippen molar-refractivity contribution in [1.29, 1.82) is 0 Å². The van der Waals surface area contributed by atoms with E-state index < -0.39 is 23.3 Å². The van der Waals surface area contributed by atoms with Crippen molar-refractivity contribution in [2.24, 2.45) is 0 Å². The van der Waals surface area contributed by atoms with Crippen molar-refractivity contribution in [1.82, 2.24) is 4.98 Å². The number of fused-ring (bicyclic) bond motifs is 1. The molecule has 0 spiro atoms. The lowest BCUT2D eigenvalue weighted by atomic mass is 10.1. The van der Waals surface area contributed by atoms with Crippen molar-refractivity contribution >= 4 is 39.1 Å². The van der Waals surface area contributed by atoms with E-state index in [-0.39, 0.29) is 33.1 Å². The van der Waals surface area contributed by atoms with Gasteiger partial charge in [-0.1, -0.05) is 11.3 Å². The summed E-state index contributed by atoms with van der Waals surface area (Å²) in [6, 6.07) is 4.80. The molecule has 0 atom stereocenters. The molecule has 0 saturated heterocycles. The van der Waals surface area contributed by atoms with Crippen molar-refractivity contribution in [2.75, 3.05) is 11.9 Å². The number of carbonyl (C=O) groups excluding carboxylic acids is 2. The van der Waals surface area contributed by atoms with Gasteiger partial charge in [-0.25, -0.2) is 19.0 Å². The van der Waals surface area contributed by atoms with Crippen LogP contribution in [0, 0.1) is 5.82 Å². The SMILES string of the molecule is CCOC(=O)c1cnc(NC(=O)c2cc3cc(F)ccc3c(=O)o2)s1. The van der Waals surface area contributed by atoms with Crippen LogP contribution in [0.3, 0.4) is 0 Å². The number of thiazole rings is 1. The quantitative estimate of drug-likeness (QED) is 0.717. The predicted molar refractivity (Wildman–Crippen MR) is 88.5 cm³/mol. The minimum atomic E-state index is -0.756. The highest BCUT2D eigenvalue weighted by Gasteiger charge is 2.16. The third-order valence-corrected chi connectivity index (χ3v) is 4.04. The fourth-order valence-electron chi connectivity index (χ4n) is 2.06. The van der Waals surface area contributed by atoms with Crippen molar-refractivity contribution < 1.29 is 23.1 Å². The topological polar surface area (TPSA) is 98.5 Å². The number of esters is 1. The molecular formula is C16H11FN2O5S. The second-order valence-electron chi connectivity index (χ2n) is 4.83. The van der Waals surface area contributed by atoms with Crippen LogP contribution < -0.4 is 10.9 Å². The first-order chi connectivity index (χ1) is 12.0. The lowest BCUT2D eigenvalue weighted by Gasteiger charge is -2.02. The van der Waals surface area contributed by atoms with Crippen LogP contribution >= 0.6 is 11.3 Å². The maximum Gasteiger partial charge on any atom is 0.350 e. The summed E-state index contributed by atoms with van der Waals surface area (Å²) in [6.45, 7) is 1.89. The number of ether oxygens (including phenoxy) is 1. The van der Waals surface area contributed by atoms with Crippen LogP contribution in [0.5, 0.6) is 0 Å². The first-order valence-corrected chi connectivity index (χ1v) is 7.97. The number of aromatic nitrogens is 1. The van der Waals surface area contributed by atoms with Gasteiger partial charge in [0.05, 0.1) is 18.2 Å². The van der Waals surface area contributed by atoms with E-state index in [1.54, 1.807) is 6.92 Å². The Balaban J connectivity index is 1.85. The summed E-state index contributed by atoms with van der Waals surface area (Å²) in [4.78, 5) is 39.8. The van der Waals surface area contributed by atoms with E-state index in [4.69, 9.17) is 9.15 Å². The number of benzene rings is 1. The molecular weight excluding hydrogens is 351 g/mol. The zero-order chi connectivity index (χ0) is 18.0. The molecule has 1 aromatic carbocycles. The lowest BCUT2D eigenvalue weighted by molar-refractivity contribution is 0.0531. The summed E-state index contributed by atoms with van der Waals surface area (Å²) in [5, 5.41) is 2.96. The standard InChI is InChI=1S/C16H11FN2O5S/c1-2-23-15(22)12-7-18-16(25-12)19-13(20)11-6-8-5-9(17)3-4-10(8)14(21)24-11/h3-7H,2H2,1H3,(H,18,19,20). The number of hydrogen-bond donors (Lipinski definition) is 1. The summed E-state index contributed by atoms with van der Waals surface area (Å²) < 4.78 is 23.1. The number of nitrogens with one attached hydrogen (secondary N) is 1. The second kappa shape index (κ2) is 6.81. The molecule has 0 saturated carbocycles. The molecule has 25 heavy (non-hydrogen) atoms. The average Bonchev–Trinajstić information content (AvgIpc) is 3.03. The van der Waals surface area contributed by atoms with E-state index >= 15 is 0 Å². The second-order valence-corrected chi connectivity index (χ2v) is 5.86. The molecule has 7 nitrogen and oxygen atoms in total. The van der Waals surface area contributed by atoms with Crippen molar-refractivity contribution in [3.8, 4) is 0 Å². The Morgan fingerprint density at radius 1 is 1.36 bits per heavy atom. The van der Waals surface area contributed by atoms with Crippen molar-refractivity contribution in [2.45, 2.75) is 6.92 Å². The molecule has 1 N–H and O–H groups in total. The summed E-state index contributed by atoms with van der Waals surface area (Å²) in [5.41, 5.74) is -0.756. The van der Waals surface area contributed by atoms with Crippen molar-refractivity contribution in [3.63, 3.8) is 0 Å². The van der Waals surface area contributed by atoms with Crippen LogP contribution in [-0.2, 0) is 4.74 Å². The van der Waals surface area contributed by atoms with Crippen LogP contribution in [0.4, 0.5) is 9.52 Å². The minimum Gasteiger partial charge on any atom is -0.462 e. The lowest BCUT2D eigenvalue weighted by Crippen LogP contribution is -2.14. The Labute approximate surface area is 144 Å². The summed E-state index contributed by atoms with van der Waals surface area (Å²) in [7, 11) is 0. The van der Waals surface area contributed by atoms with E-state index in [2.05, 4.69) is 10.3 Å². The molecule has 0 aliphatic heterocycles. The number of carbonyl (C=O) groups is 2. The van der Waals surface area contributed by atoms with Gasteiger partial charge in [0.25, 0.3) is 5.91 Å². The van der Waals surface area contributed by atoms with Gasteiger partial charge in [0.15, 0.2) is 10.9 Å². The third kappa shape index (κ3) is 3.56. The summed E-state index contributed by atoms with van der Waals surface area (Å²) in [6.07, 6.45) is 1.27. The fourth-order valence-corrected chi connectivity index (χ4v) is 2.77. The van der Waals surface area contributed by atoms with Gasteiger partial charge in [0.2, 0.25) is 0 Å². The van der Waals surface area contributed by atoms with Crippen LogP contribution in [0.2, 0.25) is 0 Å². The average molecular weight is 362 g/mol. The highest BCUT2D eigenvalue weighted by atomic mass is 32.1. The van der Waals surface area contributed by atoms with Gasteiger partial charge in [-0.2, -0.15) is 0 Å². The van der Waals surface area contributed by atoms with E-state index in [0.29, 0.717) is 0 Å². The van der Waals surface area contributed by atoms with Gasteiger partial charge in [0, 0.05) is 0 Å². The molecule has 2 aromatic heterocycles. The smallest absolute Gasteiger partial charge is 0.350 e. The Kier molecular flexibility index (Phi) is 4.57. The van der Waals surface area contributed by atoms with Crippen molar-refractivity contribution in [3.05, 3.63) is 57.3 Å². The number of rotatable bonds is 4. The van der Waals surface area contributed by atoms with Gasteiger partial charge in [-0.15, -0.1) is 0 Å². The largest absolute Gasteiger partial charge is 0.462 e. The highest BCUT2D eigenvalue weighted by Crippen LogP contribution is 2.20. The van der Waals surface area contributed by atoms with Crippen LogP contribution in [-0.4, -0.2) is 23.5 Å². The van der Waals surface area contributed by atoms with E-state index in [0.717, 1.165) is 23.5 Å². The van der Waals surface area contributed by atoms with E-state index in [9.17, 15) is 18.8 Å². The molecule has 0 aliphatic rings. The molecule has 0 unspecified atom stereocenters. The molecule has 1 amide bonds. The normalized spacial score (nSPS) is 10.6. The number of halogens is 1. The van der Waals surface area contributed by atoms with Gasteiger partial charge in [-0.3, -0.25) is 10.1 Å². The Morgan fingerprint density at radius 3 is 2.92 bits per heavy atom. The van der Waals surface area contributed by atoms with Crippen LogP contribution in [0.1, 0.15) is 27.2 Å². The number of nitrogens with zero attached hydrogens (tertiary/aromatic N) is 1. The molecule has 128 valence electrons. The molecule has 0 fully saturated rings. The molecule has 2 heterocycles. The Hall–Kier alpha value is -3.07. The molecule has 0 radical (unpaired) electrons.